The second-order valence-corrected chi connectivity index (χ2v) is 6.37. The van der Waals surface area contributed by atoms with E-state index >= 15 is 0 Å². The fourth-order valence-corrected chi connectivity index (χ4v) is 3.62. The van der Waals surface area contributed by atoms with Gasteiger partial charge in [-0.3, -0.25) is 9.59 Å². The molecule has 0 unspecified atom stereocenters. The molecule has 0 N–H and O–H groups in total. The number of carbonyl (C=O) groups excluding carboxylic acids is 2. The Kier molecular flexibility index (Phi) is 3.89. The summed E-state index contributed by atoms with van der Waals surface area (Å²) >= 11 is 0. The molecule has 5 nitrogen and oxygen atoms in total. The molecule has 0 bridgehead atoms. The van der Waals surface area contributed by atoms with Gasteiger partial charge in [0.15, 0.2) is 0 Å². The number of amides is 2. The lowest BCUT2D eigenvalue weighted by Crippen LogP contribution is -2.46. The Balaban J connectivity index is 1.67. The van der Waals surface area contributed by atoms with E-state index in [0.717, 1.165) is 38.0 Å². The summed E-state index contributed by atoms with van der Waals surface area (Å²) < 4.78 is 0. The smallest absolute Gasteiger partial charge is 0.272 e. The van der Waals surface area contributed by atoms with Gasteiger partial charge in [-0.15, -0.1) is 0 Å². The lowest BCUT2D eigenvalue weighted by molar-refractivity contribution is -0.137. The summed E-state index contributed by atoms with van der Waals surface area (Å²) in [4.78, 5) is 33.1. The number of piperidine rings is 1. The molecule has 2 saturated heterocycles. The summed E-state index contributed by atoms with van der Waals surface area (Å²) in [5.74, 6) is 0.270. The number of hydrogen-bond acceptors (Lipinski definition) is 3. The van der Waals surface area contributed by atoms with Gasteiger partial charge in [0.05, 0.1) is 5.41 Å². The van der Waals surface area contributed by atoms with Crippen molar-refractivity contribution in [1.29, 1.82) is 0 Å². The van der Waals surface area contributed by atoms with Gasteiger partial charge in [0, 0.05) is 31.9 Å². The minimum absolute atomic E-state index is 0.0173. The van der Waals surface area contributed by atoms with E-state index in [0.29, 0.717) is 18.8 Å². The number of pyridine rings is 1. The molecule has 2 amide bonds. The molecule has 118 valence electrons. The van der Waals surface area contributed by atoms with Crippen molar-refractivity contribution < 1.29 is 9.59 Å². The van der Waals surface area contributed by atoms with Crippen LogP contribution in [-0.2, 0) is 4.79 Å². The topological polar surface area (TPSA) is 53.5 Å². The molecule has 0 aliphatic carbocycles. The van der Waals surface area contributed by atoms with E-state index in [9.17, 15) is 9.59 Å². The Morgan fingerprint density at radius 1 is 1.23 bits per heavy atom. The second kappa shape index (κ2) is 5.71. The molecule has 2 aliphatic heterocycles. The first kappa shape index (κ1) is 15.0. The minimum atomic E-state index is -0.215. The molecule has 2 fully saturated rings. The SMILES string of the molecule is CCN1CCC2(CCN(C(=O)c3cccc(C)n3)CC2)C1=O. The van der Waals surface area contributed by atoms with Crippen molar-refractivity contribution in [2.24, 2.45) is 5.41 Å². The van der Waals surface area contributed by atoms with E-state index in [1.54, 1.807) is 6.07 Å². The number of aromatic nitrogens is 1. The van der Waals surface area contributed by atoms with Crippen molar-refractivity contribution in [3.05, 3.63) is 29.6 Å². The summed E-state index contributed by atoms with van der Waals surface area (Å²) in [6, 6.07) is 5.51. The summed E-state index contributed by atoms with van der Waals surface area (Å²) in [5.41, 5.74) is 1.14. The van der Waals surface area contributed by atoms with Gasteiger partial charge in [0.2, 0.25) is 5.91 Å². The molecular weight excluding hydrogens is 278 g/mol. The second-order valence-electron chi connectivity index (χ2n) is 6.37. The molecule has 0 aromatic carbocycles. The monoisotopic (exact) mass is 301 g/mol. The molecule has 3 heterocycles. The van der Waals surface area contributed by atoms with E-state index in [1.165, 1.54) is 0 Å². The van der Waals surface area contributed by atoms with Crippen LogP contribution in [0.2, 0.25) is 0 Å². The number of rotatable bonds is 2. The predicted octanol–water partition coefficient (Wildman–Crippen LogP) is 1.86. The number of aryl methyl sites for hydroxylation is 1. The van der Waals surface area contributed by atoms with Crippen LogP contribution in [0.3, 0.4) is 0 Å². The number of carbonyl (C=O) groups is 2. The highest BCUT2D eigenvalue weighted by Crippen LogP contribution is 2.41. The Labute approximate surface area is 131 Å². The van der Waals surface area contributed by atoms with Crippen LogP contribution in [0, 0.1) is 12.3 Å². The quantitative estimate of drug-likeness (QED) is 0.838. The number of nitrogens with zero attached hydrogens (tertiary/aromatic N) is 3. The maximum absolute atomic E-state index is 12.5. The lowest BCUT2D eigenvalue weighted by Gasteiger charge is -2.37. The molecule has 0 saturated carbocycles. The highest BCUT2D eigenvalue weighted by Gasteiger charge is 2.48. The van der Waals surface area contributed by atoms with E-state index in [4.69, 9.17) is 0 Å². The molecule has 0 atom stereocenters. The van der Waals surface area contributed by atoms with Gasteiger partial charge in [-0.05, 0) is 45.2 Å². The predicted molar refractivity (Wildman–Crippen MR) is 83.4 cm³/mol. The van der Waals surface area contributed by atoms with Gasteiger partial charge < -0.3 is 9.80 Å². The average molecular weight is 301 g/mol. The maximum atomic E-state index is 12.5. The van der Waals surface area contributed by atoms with Crippen LogP contribution < -0.4 is 0 Å². The average Bonchev–Trinajstić information content (AvgIpc) is 2.84. The van der Waals surface area contributed by atoms with Gasteiger partial charge in [0.1, 0.15) is 5.69 Å². The largest absolute Gasteiger partial charge is 0.342 e. The van der Waals surface area contributed by atoms with E-state index in [-0.39, 0.29) is 17.2 Å². The number of hydrogen-bond donors (Lipinski definition) is 0. The van der Waals surface area contributed by atoms with E-state index < -0.39 is 0 Å². The fourth-order valence-electron chi connectivity index (χ4n) is 3.62. The van der Waals surface area contributed by atoms with Crippen LogP contribution in [0.4, 0.5) is 0 Å². The zero-order valence-corrected chi connectivity index (χ0v) is 13.3. The molecule has 3 rings (SSSR count). The third kappa shape index (κ3) is 2.49. The van der Waals surface area contributed by atoms with Crippen molar-refractivity contribution >= 4 is 11.8 Å². The Hall–Kier alpha value is -1.91. The molecular formula is C17H23N3O2. The van der Waals surface area contributed by atoms with Crippen molar-refractivity contribution in [2.75, 3.05) is 26.2 Å². The van der Waals surface area contributed by atoms with Crippen LogP contribution in [0.1, 0.15) is 42.4 Å². The van der Waals surface area contributed by atoms with Crippen LogP contribution in [-0.4, -0.2) is 52.8 Å². The summed E-state index contributed by atoms with van der Waals surface area (Å²) in [5, 5.41) is 0. The zero-order chi connectivity index (χ0) is 15.7. The molecule has 0 radical (unpaired) electrons. The van der Waals surface area contributed by atoms with Gasteiger partial charge in [-0.25, -0.2) is 4.98 Å². The van der Waals surface area contributed by atoms with Crippen LogP contribution in [0.15, 0.2) is 18.2 Å². The summed E-state index contributed by atoms with van der Waals surface area (Å²) in [6.07, 6.45) is 2.49. The molecule has 2 aliphatic rings. The summed E-state index contributed by atoms with van der Waals surface area (Å²) in [7, 11) is 0. The van der Waals surface area contributed by atoms with Crippen molar-refractivity contribution in [2.45, 2.75) is 33.1 Å². The number of likely N-dealkylation sites (tertiary alicyclic amines) is 2. The van der Waals surface area contributed by atoms with E-state index in [2.05, 4.69) is 4.98 Å². The maximum Gasteiger partial charge on any atom is 0.272 e. The molecule has 1 aromatic rings. The zero-order valence-electron chi connectivity index (χ0n) is 13.3. The first-order chi connectivity index (χ1) is 10.6. The third-order valence-corrected chi connectivity index (χ3v) is 5.10. The van der Waals surface area contributed by atoms with Crippen LogP contribution >= 0.6 is 0 Å². The van der Waals surface area contributed by atoms with Crippen LogP contribution in [0.25, 0.3) is 0 Å². The lowest BCUT2D eigenvalue weighted by atomic mass is 9.77. The Morgan fingerprint density at radius 3 is 2.50 bits per heavy atom. The Morgan fingerprint density at radius 2 is 1.91 bits per heavy atom. The first-order valence-corrected chi connectivity index (χ1v) is 8.08. The molecule has 1 aromatic heterocycles. The fraction of sp³-hybridized carbons (Fsp3) is 0.588. The molecule has 5 heteroatoms. The highest BCUT2D eigenvalue weighted by atomic mass is 16.2. The molecule has 22 heavy (non-hydrogen) atoms. The van der Waals surface area contributed by atoms with Gasteiger partial charge in [-0.2, -0.15) is 0 Å². The Bertz CT molecular complexity index is 591. The summed E-state index contributed by atoms with van der Waals surface area (Å²) in [6.45, 7) is 6.87. The van der Waals surface area contributed by atoms with Crippen molar-refractivity contribution in [3.63, 3.8) is 0 Å². The molecule has 1 spiro atoms. The first-order valence-electron chi connectivity index (χ1n) is 8.08. The van der Waals surface area contributed by atoms with Crippen LogP contribution in [0.5, 0.6) is 0 Å². The standard InChI is InChI=1S/C17H23N3O2/c1-3-19-10-7-17(16(19)22)8-11-20(12-9-17)15(21)14-6-4-5-13(2)18-14/h4-6H,3,7-12H2,1-2H3. The van der Waals surface area contributed by atoms with Gasteiger partial charge >= 0.3 is 0 Å². The van der Waals surface area contributed by atoms with E-state index in [1.807, 2.05) is 35.8 Å². The van der Waals surface area contributed by atoms with Crippen molar-refractivity contribution in [1.82, 2.24) is 14.8 Å². The van der Waals surface area contributed by atoms with Gasteiger partial charge in [0.25, 0.3) is 5.91 Å². The van der Waals surface area contributed by atoms with Crippen molar-refractivity contribution in [3.8, 4) is 0 Å². The minimum Gasteiger partial charge on any atom is -0.342 e. The third-order valence-electron chi connectivity index (χ3n) is 5.10. The highest BCUT2D eigenvalue weighted by molar-refractivity contribution is 5.93. The van der Waals surface area contributed by atoms with Gasteiger partial charge in [-0.1, -0.05) is 6.07 Å². The normalized spacial score (nSPS) is 20.7.